The van der Waals surface area contributed by atoms with Crippen LogP contribution in [0.25, 0.3) is 0 Å². The van der Waals surface area contributed by atoms with Gasteiger partial charge in [0, 0.05) is 16.7 Å². The number of rotatable bonds is 6. The van der Waals surface area contributed by atoms with Crippen molar-refractivity contribution in [2.75, 3.05) is 0 Å². The summed E-state index contributed by atoms with van der Waals surface area (Å²) in [5, 5.41) is 1.96. The predicted molar refractivity (Wildman–Crippen MR) is 139 cm³/mol. The molecule has 1 aromatic carbocycles. The summed E-state index contributed by atoms with van der Waals surface area (Å²) in [6.07, 6.45) is 4.68. The first-order valence-electron chi connectivity index (χ1n) is 12.7. The molecule has 3 heterocycles. The summed E-state index contributed by atoms with van der Waals surface area (Å²) in [7, 11) is 0. The number of aryl methyl sites for hydroxylation is 2. The summed E-state index contributed by atoms with van der Waals surface area (Å²) in [4.78, 5) is 44.2. The van der Waals surface area contributed by atoms with Crippen LogP contribution in [0.3, 0.4) is 0 Å². The summed E-state index contributed by atoms with van der Waals surface area (Å²) in [6, 6.07) is 13.5. The van der Waals surface area contributed by atoms with E-state index in [1.54, 1.807) is 24.0 Å². The minimum atomic E-state index is -0.924. The fourth-order valence-electron chi connectivity index (χ4n) is 6.15. The molecule has 2 aliphatic rings. The third kappa shape index (κ3) is 4.30. The van der Waals surface area contributed by atoms with Gasteiger partial charge in [0.2, 0.25) is 17.6 Å². The lowest BCUT2D eigenvalue weighted by Crippen LogP contribution is -2.49. The SMILES string of the molecule is Cc1ccc(C(=O)C2C(c3sccc3C)C(C(N)=O)N(C(=O)C3CCCCC3)C2c2ccccc2)o1. The van der Waals surface area contributed by atoms with E-state index in [-0.39, 0.29) is 23.4 Å². The number of amides is 2. The number of thiophene rings is 1. The monoisotopic (exact) mass is 504 g/mol. The average Bonchev–Trinajstić information content (AvgIpc) is 3.60. The van der Waals surface area contributed by atoms with E-state index in [0.717, 1.165) is 48.1 Å². The van der Waals surface area contributed by atoms with Crippen molar-refractivity contribution in [1.29, 1.82) is 0 Å². The van der Waals surface area contributed by atoms with Gasteiger partial charge in [-0.25, -0.2) is 0 Å². The van der Waals surface area contributed by atoms with E-state index >= 15 is 0 Å². The third-order valence-corrected chi connectivity index (χ3v) is 8.92. The molecule has 0 radical (unpaired) electrons. The number of Topliss-reactive ketones (excluding diaryl/α,β-unsaturated/α-hetero) is 1. The highest BCUT2D eigenvalue weighted by molar-refractivity contribution is 7.10. The molecule has 0 spiro atoms. The highest BCUT2D eigenvalue weighted by Gasteiger charge is 2.58. The number of carbonyl (C=O) groups is 3. The number of benzene rings is 1. The van der Waals surface area contributed by atoms with Crippen molar-refractivity contribution in [1.82, 2.24) is 4.90 Å². The highest BCUT2D eigenvalue weighted by Crippen LogP contribution is 2.53. The molecule has 0 bridgehead atoms. The summed E-state index contributed by atoms with van der Waals surface area (Å²) in [6.45, 7) is 3.78. The van der Waals surface area contributed by atoms with Gasteiger partial charge >= 0.3 is 0 Å². The molecule has 5 rings (SSSR count). The molecule has 2 N–H and O–H groups in total. The molecule has 2 aromatic heterocycles. The number of ketones is 1. The molecule has 4 atom stereocenters. The van der Waals surface area contributed by atoms with Crippen LogP contribution in [-0.4, -0.2) is 28.5 Å². The Labute approximate surface area is 215 Å². The predicted octanol–water partition coefficient (Wildman–Crippen LogP) is 5.56. The lowest BCUT2D eigenvalue weighted by molar-refractivity contribution is -0.144. The first-order valence-corrected chi connectivity index (χ1v) is 13.6. The fourth-order valence-corrected chi connectivity index (χ4v) is 7.25. The van der Waals surface area contributed by atoms with Crippen LogP contribution in [0, 0.1) is 25.7 Å². The summed E-state index contributed by atoms with van der Waals surface area (Å²) >= 11 is 1.51. The van der Waals surface area contributed by atoms with Crippen LogP contribution < -0.4 is 5.73 Å². The molecular weight excluding hydrogens is 472 g/mol. The van der Waals surface area contributed by atoms with Crippen LogP contribution in [0.4, 0.5) is 0 Å². The highest BCUT2D eigenvalue weighted by atomic mass is 32.1. The van der Waals surface area contributed by atoms with Gasteiger partial charge in [-0.1, -0.05) is 49.6 Å². The van der Waals surface area contributed by atoms with Gasteiger partial charge in [0.25, 0.3) is 0 Å². The van der Waals surface area contributed by atoms with Gasteiger partial charge in [-0.15, -0.1) is 11.3 Å². The number of nitrogens with zero attached hydrogens (tertiary/aromatic N) is 1. The van der Waals surface area contributed by atoms with Gasteiger partial charge in [0.15, 0.2) is 5.76 Å². The van der Waals surface area contributed by atoms with Gasteiger partial charge in [0.05, 0.1) is 12.0 Å². The summed E-state index contributed by atoms with van der Waals surface area (Å²) < 4.78 is 5.78. The molecule has 7 heteroatoms. The Bertz CT molecular complexity index is 1260. The lowest BCUT2D eigenvalue weighted by atomic mass is 9.79. The molecule has 1 aliphatic carbocycles. The van der Waals surface area contributed by atoms with Gasteiger partial charge in [-0.2, -0.15) is 0 Å². The molecule has 1 saturated heterocycles. The van der Waals surface area contributed by atoms with Crippen molar-refractivity contribution < 1.29 is 18.8 Å². The standard InChI is InChI=1S/C29H32N2O4S/c1-17-15-16-36-27(17)23-22(26(32)21-14-13-18(2)35-21)24(19-9-5-3-6-10-19)31(25(23)28(30)33)29(34)20-11-7-4-8-12-20/h3,5-6,9-10,13-16,20,22-25H,4,7-8,11-12H2,1-2H3,(H2,30,33). The van der Waals surface area contributed by atoms with E-state index in [9.17, 15) is 14.4 Å². The number of furan rings is 1. The maximum atomic E-state index is 14.2. The Kier molecular flexibility index (Phi) is 6.84. The number of likely N-dealkylation sites (tertiary alicyclic amines) is 1. The molecule has 1 saturated carbocycles. The molecule has 3 aromatic rings. The Morgan fingerprint density at radius 1 is 0.972 bits per heavy atom. The molecule has 6 nitrogen and oxygen atoms in total. The maximum absolute atomic E-state index is 14.2. The number of carbonyl (C=O) groups excluding carboxylic acids is 3. The minimum absolute atomic E-state index is 0.0718. The maximum Gasteiger partial charge on any atom is 0.240 e. The quantitative estimate of drug-likeness (QED) is 0.445. The number of primary amides is 1. The second-order valence-corrected chi connectivity index (χ2v) is 11.0. The van der Waals surface area contributed by atoms with Crippen molar-refractivity contribution in [3.05, 3.63) is 81.4 Å². The number of hydrogen-bond acceptors (Lipinski definition) is 5. The third-order valence-electron chi connectivity index (χ3n) is 7.80. The smallest absolute Gasteiger partial charge is 0.240 e. The second-order valence-electron chi connectivity index (χ2n) is 10.1. The Hall–Kier alpha value is -3.19. The first kappa shape index (κ1) is 24.5. The normalized spacial score (nSPS) is 24.7. The van der Waals surface area contributed by atoms with E-state index < -0.39 is 29.8 Å². The molecule has 188 valence electrons. The molecule has 4 unspecified atom stereocenters. The number of hydrogen-bond donors (Lipinski definition) is 1. The van der Waals surface area contributed by atoms with Crippen LogP contribution >= 0.6 is 11.3 Å². The van der Waals surface area contributed by atoms with Crippen molar-refractivity contribution in [3.8, 4) is 0 Å². The van der Waals surface area contributed by atoms with Crippen LogP contribution in [-0.2, 0) is 9.59 Å². The van der Waals surface area contributed by atoms with Gasteiger partial charge < -0.3 is 15.1 Å². The zero-order valence-corrected chi connectivity index (χ0v) is 21.5. The summed E-state index contributed by atoms with van der Waals surface area (Å²) in [5.41, 5.74) is 7.90. The van der Waals surface area contributed by atoms with Crippen LogP contribution in [0.5, 0.6) is 0 Å². The molecule has 2 amide bonds. The largest absolute Gasteiger partial charge is 0.458 e. The molecule has 2 fully saturated rings. The topological polar surface area (TPSA) is 93.6 Å². The fraction of sp³-hybridized carbons (Fsp3) is 0.414. The Morgan fingerprint density at radius 3 is 2.28 bits per heavy atom. The van der Waals surface area contributed by atoms with E-state index in [1.165, 1.54) is 11.3 Å². The van der Waals surface area contributed by atoms with Gasteiger partial charge in [-0.3, -0.25) is 14.4 Å². The molecular formula is C29H32N2O4S. The van der Waals surface area contributed by atoms with E-state index in [0.29, 0.717) is 5.76 Å². The number of nitrogens with two attached hydrogens (primary N) is 1. The Morgan fingerprint density at radius 2 is 1.69 bits per heavy atom. The van der Waals surface area contributed by atoms with Crippen LogP contribution in [0.15, 0.2) is 58.3 Å². The molecule has 36 heavy (non-hydrogen) atoms. The zero-order valence-electron chi connectivity index (χ0n) is 20.7. The van der Waals surface area contributed by atoms with E-state index in [2.05, 4.69) is 0 Å². The second kappa shape index (κ2) is 10.1. The Balaban J connectivity index is 1.72. The first-order chi connectivity index (χ1) is 17.4. The van der Waals surface area contributed by atoms with Crippen LogP contribution in [0.2, 0.25) is 0 Å². The van der Waals surface area contributed by atoms with Crippen LogP contribution in [0.1, 0.15) is 76.4 Å². The minimum Gasteiger partial charge on any atom is -0.458 e. The lowest BCUT2D eigenvalue weighted by Gasteiger charge is -2.34. The summed E-state index contributed by atoms with van der Waals surface area (Å²) in [5.74, 6) is -1.41. The van der Waals surface area contributed by atoms with Crippen molar-refractivity contribution in [3.63, 3.8) is 0 Å². The van der Waals surface area contributed by atoms with Gasteiger partial charge in [0.1, 0.15) is 11.8 Å². The zero-order chi connectivity index (χ0) is 25.4. The van der Waals surface area contributed by atoms with Crippen molar-refractivity contribution >= 4 is 28.9 Å². The molecule has 1 aliphatic heterocycles. The van der Waals surface area contributed by atoms with Crippen molar-refractivity contribution in [2.45, 2.75) is 64.0 Å². The van der Waals surface area contributed by atoms with Crippen molar-refractivity contribution in [2.24, 2.45) is 17.6 Å². The van der Waals surface area contributed by atoms with E-state index in [4.69, 9.17) is 10.2 Å². The van der Waals surface area contributed by atoms with E-state index in [1.807, 2.05) is 48.7 Å². The van der Waals surface area contributed by atoms with Gasteiger partial charge in [-0.05, 0) is 61.4 Å². The average molecular weight is 505 g/mol.